The molecule has 0 heterocycles. The van der Waals surface area contributed by atoms with E-state index in [-0.39, 0.29) is 17.5 Å². The summed E-state index contributed by atoms with van der Waals surface area (Å²) >= 11 is 3.32. The lowest BCUT2D eigenvalue weighted by molar-refractivity contribution is -0.120. The third kappa shape index (κ3) is 6.30. The van der Waals surface area contributed by atoms with Gasteiger partial charge in [-0.3, -0.25) is 9.10 Å². The van der Waals surface area contributed by atoms with Crippen LogP contribution in [-0.4, -0.2) is 34.6 Å². The third-order valence-corrected chi connectivity index (χ3v) is 7.43. The maximum absolute atomic E-state index is 13.5. The Morgan fingerprint density at radius 3 is 2.12 bits per heavy atom. The summed E-state index contributed by atoms with van der Waals surface area (Å²) in [6, 6.07) is 19.9. The molecule has 34 heavy (non-hydrogen) atoms. The quantitative estimate of drug-likeness (QED) is 0.389. The molecule has 0 unspecified atom stereocenters. The van der Waals surface area contributed by atoms with E-state index in [4.69, 9.17) is 9.47 Å². The minimum atomic E-state index is -4.01. The highest BCUT2D eigenvalue weighted by atomic mass is 79.9. The molecule has 180 valence electrons. The minimum Gasteiger partial charge on any atom is -0.497 e. The highest BCUT2D eigenvalue weighted by Gasteiger charge is 2.28. The van der Waals surface area contributed by atoms with Gasteiger partial charge in [0.25, 0.3) is 10.0 Å². The molecule has 0 radical (unpaired) electrons. The summed E-state index contributed by atoms with van der Waals surface area (Å²) in [6.45, 7) is 3.81. The van der Waals surface area contributed by atoms with Crippen LogP contribution in [-0.2, 0) is 14.8 Å². The Labute approximate surface area is 208 Å². The fourth-order valence-electron chi connectivity index (χ4n) is 3.32. The molecule has 0 saturated heterocycles. The first kappa shape index (κ1) is 25.6. The van der Waals surface area contributed by atoms with Crippen molar-refractivity contribution in [2.45, 2.75) is 24.8 Å². The van der Waals surface area contributed by atoms with Crippen LogP contribution in [0.4, 0.5) is 5.69 Å². The van der Waals surface area contributed by atoms with Gasteiger partial charge in [0.15, 0.2) is 0 Å². The van der Waals surface area contributed by atoms with Gasteiger partial charge in [-0.2, -0.15) is 0 Å². The number of rotatable bonds is 10. The van der Waals surface area contributed by atoms with Gasteiger partial charge in [0.1, 0.15) is 18.0 Å². The third-order valence-electron chi connectivity index (χ3n) is 5.12. The summed E-state index contributed by atoms with van der Waals surface area (Å²) in [6.07, 6.45) is 0. The van der Waals surface area contributed by atoms with E-state index in [0.717, 1.165) is 14.3 Å². The highest BCUT2D eigenvalue weighted by molar-refractivity contribution is 9.10. The molecular weight excluding hydrogens is 520 g/mol. The van der Waals surface area contributed by atoms with Crippen molar-refractivity contribution in [3.63, 3.8) is 0 Å². The number of carbonyl (C=O) groups is 1. The summed E-state index contributed by atoms with van der Waals surface area (Å²) in [5.74, 6) is 0.896. The lowest BCUT2D eigenvalue weighted by atomic mass is 10.1. The van der Waals surface area contributed by atoms with Crippen LogP contribution in [0.15, 0.2) is 82.2 Å². The highest BCUT2D eigenvalue weighted by Crippen LogP contribution is 2.27. The maximum atomic E-state index is 13.5. The number of amides is 1. The van der Waals surface area contributed by atoms with Crippen LogP contribution in [0.5, 0.6) is 11.5 Å². The van der Waals surface area contributed by atoms with Gasteiger partial charge in [-0.1, -0.05) is 28.1 Å². The molecule has 0 aliphatic carbocycles. The predicted octanol–water partition coefficient (Wildman–Crippen LogP) is 4.93. The minimum absolute atomic E-state index is 0.0839. The second-order valence-electron chi connectivity index (χ2n) is 7.45. The second kappa shape index (κ2) is 11.4. The maximum Gasteiger partial charge on any atom is 0.264 e. The number of sulfonamides is 1. The molecule has 3 rings (SSSR count). The number of methoxy groups -OCH3 is 1. The fraction of sp³-hybridized carbons (Fsp3) is 0.240. The molecule has 1 N–H and O–H groups in total. The molecule has 0 saturated carbocycles. The molecule has 3 aromatic carbocycles. The van der Waals surface area contributed by atoms with E-state index in [0.29, 0.717) is 23.8 Å². The van der Waals surface area contributed by atoms with E-state index in [1.165, 1.54) is 12.1 Å². The Bertz CT molecular complexity index is 1200. The molecule has 0 spiro atoms. The number of hydrogen-bond donors (Lipinski definition) is 1. The summed E-state index contributed by atoms with van der Waals surface area (Å²) in [4.78, 5) is 13.0. The Balaban J connectivity index is 1.86. The van der Waals surface area contributed by atoms with Crippen LogP contribution < -0.4 is 19.1 Å². The van der Waals surface area contributed by atoms with Crippen molar-refractivity contribution in [2.24, 2.45) is 0 Å². The average molecular weight is 547 g/mol. The van der Waals surface area contributed by atoms with Gasteiger partial charge in [-0.05, 0) is 80.1 Å². The van der Waals surface area contributed by atoms with E-state index in [2.05, 4.69) is 21.2 Å². The lowest BCUT2D eigenvalue weighted by Gasteiger charge is -2.25. The summed E-state index contributed by atoms with van der Waals surface area (Å²) in [7, 11) is -2.42. The topological polar surface area (TPSA) is 84.9 Å². The molecule has 0 fully saturated rings. The second-order valence-corrected chi connectivity index (χ2v) is 10.2. The van der Waals surface area contributed by atoms with E-state index in [1.807, 2.05) is 38.1 Å². The monoisotopic (exact) mass is 546 g/mol. The largest absolute Gasteiger partial charge is 0.497 e. The van der Waals surface area contributed by atoms with E-state index < -0.39 is 15.9 Å². The first-order chi connectivity index (χ1) is 16.2. The van der Waals surface area contributed by atoms with E-state index >= 15 is 0 Å². The van der Waals surface area contributed by atoms with Crippen molar-refractivity contribution in [1.82, 2.24) is 5.32 Å². The Hall–Kier alpha value is -3.04. The average Bonchev–Trinajstić information content (AvgIpc) is 2.83. The molecule has 1 amide bonds. The number of ether oxygens (including phenoxy) is 2. The zero-order chi connectivity index (χ0) is 24.7. The number of benzene rings is 3. The lowest BCUT2D eigenvalue weighted by Crippen LogP contribution is -2.41. The number of anilines is 1. The van der Waals surface area contributed by atoms with Gasteiger partial charge >= 0.3 is 0 Å². The molecule has 0 aromatic heterocycles. The normalized spacial score (nSPS) is 12.0. The van der Waals surface area contributed by atoms with E-state index in [9.17, 15) is 13.2 Å². The van der Waals surface area contributed by atoms with Crippen molar-refractivity contribution in [3.8, 4) is 11.5 Å². The number of nitrogens with zero attached hydrogens (tertiary/aromatic N) is 1. The Kier molecular flexibility index (Phi) is 8.57. The van der Waals surface area contributed by atoms with Crippen molar-refractivity contribution < 1.29 is 22.7 Å². The van der Waals surface area contributed by atoms with Gasteiger partial charge in [-0.25, -0.2) is 8.42 Å². The van der Waals surface area contributed by atoms with Gasteiger partial charge in [0, 0.05) is 4.47 Å². The molecule has 3 aromatic rings. The number of carbonyl (C=O) groups excluding carboxylic acids is 1. The van der Waals surface area contributed by atoms with Crippen LogP contribution >= 0.6 is 15.9 Å². The Morgan fingerprint density at radius 1 is 0.971 bits per heavy atom. The number of hydrogen-bond acceptors (Lipinski definition) is 5. The fourth-order valence-corrected chi connectivity index (χ4v) is 5.00. The molecule has 9 heteroatoms. The Morgan fingerprint density at radius 2 is 1.56 bits per heavy atom. The van der Waals surface area contributed by atoms with Crippen molar-refractivity contribution in [2.75, 3.05) is 24.6 Å². The molecule has 1 atom stereocenters. The van der Waals surface area contributed by atoms with Gasteiger partial charge in [0.2, 0.25) is 5.91 Å². The predicted molar refractivity (Wildman–Crippen MR) is 136 cm³/mol. The number of nitrogens with one attached hydrogen (secondary N) is 1. The molecular formula is C25H27BrN2O5S. The summed E-state index contributed by atoms with van der Waals surface area (Å²) in [5.41, 5.74) is 1.23. The SMILES string of the molecule is CCOc1ccc(N(CC(=O)N[C@H](C)c2ccc(OC)cc2)S(=O)(=O)c2ccc(Br)cc2)cc1. The van der Waals surface area contributed by atoms with Crippen molar-refractivity contribution in [1.29, 1.82) is 0 Å². The van der Waals surface area contributed by atoms with Crippen LogP contribution in [0.1, 0.15) is 25.5 Å². The number of halogens is 1. The van der Waals surface area contributed by atoms with Gasteiger partial charge in [0.05, 0.1) is 30.3 Å². The molecule has 7 nitrogen and oxygen atoms in total. The first-order valence-corrected chi connectivity index (χ1v) is 12.9. The molecule has 0 aliphatic heterocycles. The van der Waals surface area contributed by atoms with Crippen LogP contribution in [0.25, 0.3) is 0 Å². The molecule has 0 aliphatic rings. The van der Waals surface area contributed by atoms with Crippen LogP contribution in [0.3, 0.4) is 0 Å². The van der Waals surface area contributed by atoms with Crippen LogP contribution in [0, 0.1) is 0 Å². The van der Waals surface area contributed by atoms with Crippen LogP contribution in [0.2, 0.25) is 0 Å². The first-order valence-electron chi connectivity index (χ1n) is 10.7. The smallest absolute Gasteiger partial charge is 0.264 e. The standard InChI is InChI=1S/C25H27BrN2O5S/c1-4-33-23-13-9-21(10-14-23)28(34(30,31)24-15-7-20(26)8-16-24)17-25(29)27-18(2)19-5-11-22(32-3)12-6-19/h5-16,18H,4,17H2,1-3H3,(H,27,29)/t18-/m1/s1. The van der Waals surface area contributed by atoms with Crippen molar-refractivity contribution >= 4 is 37.5 Å². The van der Waals surface area contributed by atoms with Crippen molar-refractivity contribution in [3.05, 3.63) is 82.8 Å². The van der Waals surface area contributed by atoms with Gasteiger partial charge in [-0.15, -0.1) is 0 Å². The van der Waals surface area contributed by atoms with Gasteiger partial charge < -0.3 is 14.8 Å². The van der Waals surface area contributed by atoms with E-state index in [1.54, 1.807) is 43.5 Å². The summed E-state index contributed by atoms with van der Waals surface area (Å²) in [5, 5.41) is 2.88. The zero-order valence-corrected chi connectivity index (χ0v) is 21.6. The zero-order valence-electron chi connectivity index (χ0n) is 19.2. The molecule has 0 bridgehead atoms. The summed E-state index contributed by atoms with van der Waals surface area (Å²) < 4.78 is 39.5.